The summed E-state index contributed by atoms with van der Waals surface area (Å²) in [5.41, 5.74) is -0.335. The highest BCUT2D eigenvalue weighted by Crippen LogP contribution is 2.33. The molecule has 11 nitrogen and oxygen atoms in total. The van der Waals surface area contributed by atoms with Gasteiger partial charge in [-0.2, -0.15) is 0 Å². The first-order valence-electron chi connectivity index (χ1n) is 11.5. The lowest BCUT2D eigenvalue weighted by Crippen LogP contribution is -2.40. The van der Waals surface area contributed by atoms with Gasteiger partial charge >= 0.3 is 0 Å². The molecule has 0 saturated carbocycles. The average molecular weight is 470 g/mol. The normalized spacial score (nSPS) is 21.9. The van der Waals surface area contributed by atoms with Gasteiger partial charge in [-0.25, -0.2) is 4.68 Å². The maximum atomic E-state index is 12.9. The van der Waals surface area contributed by atoms with Crippen molar-refractivity contribution in [3.63, 3.8) is 0 Å². The lowest BCUT2D eigenvalue weighted by molar-refractivity contribution is -0.138. The van der Waals surface area contributed by atoms with Crippen molar-refractivity contribution in [2.45, 2.75) is 39.8 Å². The van der Waals surface area contributed by atoms with Gasteiger partial charge in [0, 0.05) is 57.2 Å². The molecule has 0 unspecified atom stereocenters. The summed E-state index contributed by atoms with van der Waals surface area (Å²) in [6.45, 7) is 7.20. The summed E-state index contributed by atoms with van der Waals surface area (Å²) >= 11 is 0. The van der Waals surface area contributed by atoms with Gasteiger partial charge in [0.05, 0.1) is 18.8 Å². The molecule has 4 heterocycles. The number of carbonyl (C=O) groups is 3. The van der Waals surface area contributed by atoms with E-state index in [4.69, 9.17) is 0 Å². The van der Waals surface area contributed by atoms with Crippen LogP contribution in [0.3, 0.4) is 0 Å². The van der Waals surface area contributed by atoms with Gasteiger partial charge in [-0.15, -0.1) is 5.10 Å². The lowest BCUT2D eigenvalue weighted by atomic mass is 9.95. The number of fused-ring (bicyclic) bond motifs is 6. The van der Waals surface area contributed by atoms with Crippen LogP contribution in [0.15, 0.2) is 29.3 Å². The summed E-state index contributed by atoms with van der Waals surface area (Å²) in [6.07, 6.45) is 3.59. The molecule has 11 heteroatoms. The fraction of sp³-hybridized carbons (Fsp3) is 0.565. The topological polar surface area (TPSA) is 122 Å². The van der Waals surface area contributed by atoms with Crippen molar-refractivity contribution in [3.05, 3.63) is 46.1 Å². The summed E-state index contributed by atoms with van der Waals surface area (Å²) in [4.78, 5) is 54.6. The Morgan fingerprint density at radius 3 is 2.68 bits per heavy atom. The second kappa shape index (κ2) is 9.03. The third kappa shape index (κ3) is 4.73. The summed E-state index contributed by atoms with van der Waals surface area (Å²) < 4.78 is 3.13. The van der Waals surface area contributed by atoms with E-state index < -0.39 is 16.9 Å². The Kier molecular flexibility index (Phi) is 6.28. The van der Waals surface area contributed by atoms with Gasteiger partial charge in [-0.05, 0) is 12.1 Å². The van der Waals surface area contributed by atoms with Crippen molar-refractivity contribution in [2.75, 3.05) is 33.2 Å². The monoisotopic (exact) mass is 469 g/mol. The standard InChI is InChI=1S/C23H31N7O4/c1-23(2,3)22(34)29-11-15-10-19(31)24-7-9-27(4)20(32)17-6-5-8-28(21(17)33)12-16-13-30(26-25-16)18(15)14-29/h5-6,8,13,15,18H,7,9-12,14H2,1-4H3,(H,24,31)/t15-,18+/m0/s1. The Morgan fingerprint density at radius 2 is 1.94 bits per heavy atom. The largest absolute Gasteiger partial charge is 0.354 e. The van der Waals surface area contributed by atoms with E-state index in [-0.39, 0.29) is 55.4 Å². The van der Waals surface area contributed by atoms with Crippen LogP contribution >= 0.6 is 0 Å². The summed E-state index contributed by atoms with van der Waals surface area (Å²) in [5.74, 6) is -0.679. The summed E-state index contributed by atoms with van der Waals surface area (Å²) in [5, 5.41) is 11.4. The maximum absolute atomic E-state index is 12.9. The summed E-state index contributed by atoms with van der Waals surface area (Å²) in [7, 11) is 1.60. The minimum Gasteiger partial charge on any atom is -0.354 e. The molecule has 0 aromatic carbocycles. The van der Waals surface area contributed by atoms with Gasteiger partial charge in [0.2, 0.25) is 11.8 Å². The van der Waals surface area contributed by atoms with Crippen LogP contribution in [0.1, 0.15) is 49.3 Å². The van der Waals surface area contributed by atoms with Crippen molar-refractivity contribution in [2.24, 2.45) is 11.3 Å². The molecule has 1 N–H and O–H groups in total. The number of nitrogens with one attached hydrogen (secondary N) is 1. The van der Waals surface area contributed by atoms with Gasteiger partial charge in [0.25, 0.3) is 11.5 Å². The third-order valence-corrected chi connectivity index (χ3v) is 6.38. The number of amides is 3. The molecule has 2 atom stereocenters. The van der Waals surface area contributed by atoms with Crippen molar-refractivity contribution in [1.29, 1.82) is 0 Å². The molecule has 1 saturated heterocycles. The molecular weight excluding hydrogens is 438 g/mol. The van der Waals surface area contributed by atoms with Crippen LogP contribution in [0, 0.1) is 11.3 Å². The van der Waals surface area contributed by atoms with Gasteiger partial charge in [-0.3, -0.25) is 19.2 Å². The third-order valence-electron chi connectivity index (χ3n) is 6.38. The highest BCUT2D eigenvalue weighted by Gasteiger charge is 2.41. The molecule has 3 amide bonds. The average Bonchev–Trinajstić information content (AvgIpc) is 3.39. The van der Waals surface area contributed by atoms with Gasteiger partial charge in [-0.1, -0.05) is 26.0 Å². The van der Waals surface area contributed by atoms with Gasteiger partial charge in [0.15, 0.2) is 0 Å². The number of rotatable bonds is 0. The molecule has 0 spiro atoms. The number of carbonyl (C=O) groups excluding carboxylic acids is 3. The number of nitrogens with zero attached hydrogens (tertiary/aromatic N) is 6. The van der Waals surface area contributed by atoms with Crippen molar-refractivity contribution in [1.82, 2.24) is 34.7 Å². The zero-order chi connectivity index (χ0) is 24.6. The Bertz CT molecular complexity index is 1160. The Morgan fingerprint density at radius 1 is 1.18 bits per heavy atom. The van der Waals surface area contributed by atoms with Crippen molar-refractivity contribution >= 4 is 17.7 Å². The molecule has 2 aromatic rings. The molecule has 34 heavy (non-hydrogen) atoms. The Labute approximate surface area is 197 Å². The molecule has 2 aliphatic rings. The lowest BCUT2D eigenvalue weighted by Gasteiger charge is -2.25. The van der Waals surface area contributed by atoms with E-state index in [1.807, 2.05) is 20.8 Å². The van der Waals surface area contributed by atoms with Crippen molar-refractivity contribution < 1.29 is 14.4 Å². The minimum atomic E-state index is -0.534. The molecule has 182 valence electrons. The van der Waals surface area contributed by atoms with E-state index in [2.05, 4.69) is 15.6 Å². The van der Waals surface area contributed by atoms with Crippen LogP contribution in [0.25, 0.3) is 0 Å². The van der Waals surface area contributed by atoms with Gasteiger partial charge in [0.1, 0.15) is 11.3 Å². The quantitative estimate of drug-likeness (QED) is 0.585. The Balaban J connectivity index is 1.68. The van der Waals surface area contributed by atoms with E-state index in [1.54, 1.807) is 35.1 Å². The number of hydrogen-bond donors (Lipinski definition) is 1. The SMILES string of the molecule is CN1CCNC(=O)C[C@H]2CN(C(=O)C(C)(C)C)C[C@H]2n2cc(nn2)Cn2cccc(c2=O)C1=O. The van der Waals surface area contributed by atoms with E-state index in [9.17, 15) is 19.2 Å². The fourth-order valence-electron chi connectivity index (χ4n) is 4.52. The van der Waals surface area contributed by atoms with Crippen molar-refractivity contribution in [3.8, 4) is 0 Å². The zero-order valence-corrected chi connectivity index (χ0v) is 20.0. The number of pyridine rings is 1. The van der Waals surface area contributed by atoms with Crippen LogP contribution < -0.4 is 10.9 Å². The van der Waals surface area contributed by atoms with E-state index >= 15 is 0 Å². The van der Waals surface area contributed by atoms with E-state index in [0.29, 0.717) is 18.8 Å². The first kappa shape index (κ1) is 23.7. The minimum absolute atomic E-state index is 0.0233. The van der Waals surface area contributed by atoms with Crippen LogP contribution in [0.5, 0.6) is 0 Å². The van der Waals surface area contributed by atoms with Crippen LogP contribution in [0.4, 0.5) is 0 Å². The first-order valence-corrected chi connectivity index (χ1v) is 11.5. The van der Waals surface area contributed by atoms with Crippen LogP contribution in [-0.4, -0.2) is 80.3 Å². The van der Waals surface area contributed by atoms with Crippen LogP contribution in [-0.2, 0) is 16.1 Å². The maximum Gasteiger partial charge on any atom is 0.263 e. The number of hydrogen-bond acceptors (Lipinski definition) is 6. The molecule has 2 aliphatic heterocycles. The smallest absolute Gasteiger partial charge is 0.263 e. The molecule has 0 aliphatic carbocycles. The van der Waals surface area contributed by atoms with E-state index in [1.165, 1.54) is 15.5 Å². The fourth-order valence-corrected chi connectivity index (χ4v) is 4.52. The molecular formula is C23H31N7O4. The molecule has 2 aromatic heterocycles. The first-order chi connectivity index (χ1) is 16.0. The van der Waals surface area contributed by atoms with Crippen LogP contribution in [0.2, 0.25) is 0 Å². The number of likely N-dealkylation sites (tertiary alicyclic amines) is 1. The predicted octanol–water partition coefficient (Wildman–Crippen LogP) is 0.126. The number of likely N-dealkylation sites (N-methyl/N-ethyl adjacent to an activating group) is 1. The molecule has 0 radical (unpaired) electrons. The highest BCUT2D eigenvalue weighted by molar-refractivity contribution is 5.93. The Hall–Kier alpha value is -3.50. The zero-order valence-electron chi connectivity index (χ0n) is 20.0. The van der Waals surface area contributed by atoms with Gasteiger partial charge < -0.3 is 19.7 Å². The second-order valence-corrected chi connectivity index (χ2v) is 10.1. The predicted molar refractivity (Wildman–Crippen MR) is 123 cm³/mol. The highest BCUT2D eigenvalue weighted by atomic mass is 16.2. The second-order valence-electron chi connectivity index (χ2n) is 10.1. The molecule has 4 rings (SSSR count). The molecule has 1 fully saturated rings. The van der Waals surface area contributed by atoms with E-state index in [0.717, 1.165) is 0 Å². The number of aromatic nitrogens is 4. The molecule has 4 bridgehead atoms. The summed E-state index contributed by atoms with van der Waals surface area (Å²) in [6, 6.07) is 2.94.